The van der Waals surface area contributed by atoms with E-state index < -0.39 is 12.1 Å². The molecule has 0 saturated carbocycles. The van der Waals surface area contributed by atoms with E-state index in [4.69, 9.17) is 0 Å². The van der Waals surface area contributed by atoms with Crippen LogP contribution >= 0.6 is 0 Å². The number of hydrogen-bond acceptors (Lipinski definition) is 4. The van der Waals surface area contributed by atoms with Crippen molar-refractivity contribution >= 4 is 17.8 Å². The summed E-state index contributed by atoms with van der Waals surface area (Å²) in [7, 11) is 0. The maximum Gasteiger partial charge on any atom is 0.322 e. The second-order valence-electron chi connectivity index (χ2n) is 7.22. The fraction of sp³-hybridized carbons (Fsp3) is 0.550. The van der Waals surface area contributed by atoms with E-state index in [-0.39, 0.29) is 18.2 Å². The molecule has 0 bridgehead atoms. The zero-order chi connectivity index (χ0) is 19.1. The summed E-state index contributed by atoms with van der Waals surface area (Å²) in [5.41, 5.74) is 1.36. The topological polar surface area (TPSA) is 81.8 Å². The number of amides is 4. The van der Waals surface area contributed by atoms with Crippen LogP contribution in [-0.2, 0) is 16.0 Å². The van der Waals surface area contributed by atoms with Crippen molar-refractivity contribution < 1.29 is 14.4 Å². The average Bonchev–Trinajstić information content (AvgIpc) is 3.00. The molecule has 2 heterocycles. The van der Waals surface area contributed by atoms with Gasteiger partial charge in [-0.2, -0.15) is 0 Å². The smallest absolute Gasteiger partial charge is 0.322 e. The first-order valence-electron chi connectivity index (χ1n) is 9.77. The Morgan fingerprint density at radius 1 is 1.07 bits per heavy atom. The van der Waals surface area contributed by atoms with Crippen LogP contribution in [0.5, 0.6) is 0 Å². The Labute approximate surface area is 160 Å². The molecule has 0 aliphatic carbocycles. The number of aryl methyl sites for hydroxylation is 1. The van der Waals surface area contributed by atoms with Gasteiger partial charge in [0, 0.05) is 26.1 Å². The first kappa shape index (κ1) is 19.4. The Morgan fingerprint density at radius 3 is 2.70 bits per heavy atom. The minimum Gasteiger partial charge on any atom is -0.340 e. The van der Waals surface area contributed by atoms with Crippen molar-refractivity contribution in [3.63, 3.8) is 0 Å². The number of benzene rings is 1. The molecule has 2 aliphatic heterocycles. The molecule has 2 N–H and O–H groups in total. The average molecular weight is 372 g/mol. The summed E-state index contributed by atoms with van der Waals surface area (Å²) in [5, 5.41) is 4.83. The van der Waals surface area contributed by atoms with Crippen molar-refractivity contribution in [2.24, 2.45) is 0 Å². The fourth-order valence-corrected chi connectivity index (χ4v) is 3.70. The van der Waals surface area contributed by atoms with Gasteiger partial charge < -0.3 is 15.1 Å². The highest BCUT2D eigenvalue weighted by Gasteiger charge is 2.30. The van der Waals surface area contributed by atoms with E-state index in [0.29, 0.717) is 19.5 Å². The summed E-state index contributed by atoms with van der Waals surface area (Å²) in [6, 6.07) is 9.30. The van der Waals surface area contributed by atoms with E-state index in [1.54, 1.807) is 0 Å². The van der Waals surface area contributed by atoms with Crippen LogP contribution < -0.4 is 10.6 Å². The first-order chi connectivity index (χ1) is 13.1. The Bertz CT molecular complexity index is 664. The molecule has 2 aliphatic rings. The van der Waals surface area contributed by atoms with Crippen LogP contribution in [0.25, 0.3) is 0 Å². The number of urea groups is 1. The van der Waals surface area contributed by atoms with Crippen LogP contribution in [0.1, 0.15) is 31.2 Å². The van der Waals surface area contributed by atoms with E-state index in [9.17, 15) is 14.4 Å². The van der Waals surface area contributed by atoms with Gasteiger partial charge in [-0.05, 0) is 44.3 Å². The zero-order valence-corrected chi connectivity index (χ0v) is 15.7. The molecular formula is C20H28N4O3. The number of carbonyl (C=O) groups is 3. The summed E-state index contributed by atoms with van der Waals surface area (Å²) >= 11 is 0. The van der Waals surface area contributed by atoms with Gasteiger partial charge in [-0.15, -0.1) is 0 Å². The number of carbonyl (C=O) groups excluding carboxylic acids is 3. The number of rotatable bonds is 5. The molecule has 7 heteroatoms. The quantitative estimate of drug-likeness (QED) is 0.812. The van der Waals surface area contributed by atoms with Gasteiger partial charge >= 0.3 is 6.03 Å². The van der Waals surface area contributed by atoms with E-state index in [1.165, 1.54) is 5.56 Å². The van der Waals surface area contributed by atoms with Crippen molar-refractivity contribution in [1.29, 1.82) is 0 Å². The van der Waals surface area contributed by atoms with E-state index >= 15 is 0 Å². The highest BCUT2D eigenvalue weighted by molar-refractivity contribution is 5.98. The number of imide groups is 1. The number of nitrogens with zero attached hydrogens (tertiary/aromatic N) is 2. The third-order valence-electron chi connectivity index (χ3n) is 5.20. The van der Waals surface area contributed by atoms with Crippen LogP contribution in [0, 0.1) is 0 Å². The van der Waals surface area contributed by atoms with Gasteiger partial charge in [0.2, 0.25) is 11.8 Å². The Kier molecular flexibility index (Phi) is 6.81. The molecule has 1 aromatic rings. The fourth-order valence-electron chi connectivity index (χ4n) is 3.70. The van der Waals surface area contributed by atoms with Gasteiger partial charge in [0.05, 0.1) is 0 Å². The van der Waals surface area contributed by atoms with Crippen LogP contribution in [0.4, 0.5) is 4.79 Å². The molecule has 146 valence electrons. The minimum absolute atomic E-state index is 0.0778. The molecule has 27 heavy (non-hydrogen) atoms. The molecule has 0 aromatic heterocycles. The van der Waals surface area contributed by atoms with Gasteiger partial charge in [-0.25, -0.2) is 4.79 Å². The van der Waals surface area contributed by atoms with Crippen molar-refractivity contribution in [2.45, 2.75) is 38.1 Å². The number of nitrogens with one attached hydrogen (secondary N) is 2. The number of hydrogen-bond donors (Lipinski definition) is 2. The maximum absolute atomic E-state index is 12.8. The molecule has 7 nitrogen and oxygen atoms in total. The third kappa shape index (κ3) is 5.79. The molecule has 1 aromatic carbocycles. The molecule has 0 spiro atoms. The lowest BCUT2D eigenvalue weighted by molar-refractivity contribution is -0.133. The molecule has 2 saturated heterocycles. The van der Waals surface area contributed by atoms with Crippen LogP contribution in [0.15, 0.2) is 30.3 Å². The first-order valence-corrected chi connectivity index (χ1v) is 9.77. The SMILES string of the molecule is O=C1CCC(C(=O)N2CCCN(CCCc3ccccc3)CC2)NC(=O)N1. The predicted molar refractivity (Wildman–Crippen MR) is 102 cm³/mol. The van der Waals surface area contributed by atoms with Crippen LogP contribution in [0.2, 0.25) is 0 Å². The van der Waals surface area contributed by atoms with E-state index in [1.807, 2.05) is 11.0 Å². The van der Waals surface area contributed by atoms with Crippen molar-refractivity contribution in [1.82, 2.24) is 20.4 Å². The van der Waals surface area contributed by atoms with Gasteiger partial charge in [0.25, 0.3) is 0 Å². The normalized spacial score (nSPS) is 21.8. The molecule has 1 atom stereocenters. The summed E-state index contributed by atoms with van der Waals surface area (Å²) in [6.45, 7) is 4.21. The van der Waals surface area contributed by atoms with Crippen LogP contribution in [-0.4, -0.2) is 66.4 Å². The lowest BCUT2D eigenvalue weighted by Crippen LogP contribution is -2.50. The van der Waals surface area contributed by atoms with Gasteiger partial charge in [-0.1, -0.05) is 30.3 Å². The van der Waals surface area contributed by atoms with Gasteiger partial charge in [0.15, 0.2) is 0 Å². The largest absolute Gasteiger partial charge is 0.340 e. The summed E-state index contributed by atoms with van der Waals surface area (Å²) in [4.78, 5) is 40.1. The van der Waals surface area contributed by atoms with Gasteiger partial charge in [-0.3, -0.25) is 14.9 Å². The maximum atomic E-state index is 12.8. The molecule has 3 rings (SSSR count). The van der Waals surface area contributed by atoms with E-state index in [0.717, 1.165) is 38.9 Å². The molecule has 4 amide bonds. The summed E-state index contributed by atoms with van der Waals surface area (Å²) in [5.74, 6) is -0.408. The standard InChI is InChI=1S/C20H28N4O3/c25-18-10-9-17(21-20(27)22-18)19(26)24-13-5-12-23(14-15-24)11-4-8-16-6-2-1-3-7-16/h1-3,6-7,17H,4-5,8-15H2,(H2,21,22,25,27). The molecule has 0 radical (unpaired) electrons. The Balaban J connectivity index is 1.45. The lowest BCUT2D eigenvalue weighted by atomic mass is 10.1. The van der Waals surface area contributed by atoms with Crippen molar-refractivity contribution in [3.05, 3.63) is 35.9 Å². The highest BCUT2D eigenvalue weighted by Crippen LogP contribution is 2.11. The molecule has 2 fully saturated rings. The van der Waals surface area contributed by atoms with Crippen molar-refractivity contribution in [3.8, 4) is 0 Å². The minimum atomic E-state index is -0.610. The molecule has 1 unspecified atom stereocenters. The Morgan fingerprint density at radius 2 is 1.89 bits per heavy atom. The lowest BCUT2D eigenvalue weighted by Gasteiger charge is -2.26. The second-order valence-corrected chi connectivity index (χ2v) is 7.22. The molecular weight excluding hydrogens is 344 g/mol. The highest BCUT2D eigenvalue weighted by atomic mass is 16.2. The zero-order valence-electron chi connectivity index (χ0n) is 15.7. The Hall–Kier alpha value is -2.41. The predicted octanol–water partition coefficient (Wildman–Crippen LogP) is 1.14. The second kappa shape index (κ2) is 9.50. The third-order valence-corrected chi connectivity index (χ3v) is 5.20. The monoisotopic (exact) mass is 372 g/mol. The summed E-state index contributed by atoms with van der Waals surface area (Å²) in [6.07, 6.45) is 3.64. The van der Waals surface area contributed by atoms with Gasteiger partial charge in [0.1, 0.15) is 6.04 Å². The summed E-state index contributed by atoms with van der Waals surface area (Å²) < 4.78 is 0. The van der Waals surface area contributed by atoms with Crippen LogP contribution in [0.3, 0.4) is 0 Å². The van der Waals surface area contributed by atoms with Crippen molar-refractivity contribution in [2.75, 3.05) is 32.7 Å². The van der Waals surface area contributed by atoms with E-state index in [2.05, 4.69) is 39.8 Å².